The van der Waals surface area contributed by atoms with Crippen molar-refractivity contribution in [2.24, 2.45) is 0 Å². The van der Waals surface area contributed by atoms with Gasteiger partial charge in [-0.2, -0.15) is 0 Å². The van der Waals surface area contributed by atoms with Gasteiger partial charge in [-0.05, 0) is 74.3 Å². The molecule has 1 unspecified atom stereocenters. The first-order chi connectivity index (χ1) is 15.7. The molecule has 5 heteroatoms. The highest BCUT2D eigenvalue weighted by Gasteiger charge is 2.29. The van der Waals surface area contributed by atoms with Crippen molar-refractivity contribution in [2.75, 3.05) is 24.5 Å². The van der Waals surface area contributed by atoms with Gasteiger partial charge in [0.2, 0.25) is 0 Å². The first kappa shape index (κ1) is 21.2. The van der Waals surface area contributed by atoms with Crippen LogP contribution >= 0.6 is 11.8 Å². The van der Waals surface area contributed by atoms with Crippen LogP contribution < -0.4 is 4.90 Å². The van der Waals surface area contributed by atoms with E-state index >= 15 is 0 Å². The third-order valence-electron chi connectivity index (χ3n) is 6.40. The maximum atomic E-state index is 13.3. The molecule has 0 amide bonds. The molecular weight excluding hydrogens is 419 g/mol. The zero-order valence-electron chi connectivity index (χ0n) is 18.0. The van der Waals surface area contributed by atoms with E-state index in [1.807, 2.05) is 11.8 Å². The van der Waals surface area contributed by atoms with Crippen molar-refractivity contribution in [1.82, 2.24) is 4.90 Å². The number of benzene rings is 3. The lowest BCUT2D eigenvalue weighted by Crippen LogP contribution is -2.45. The van der Waals surface area contributed by atoms with Crippen LogP contribution in [0.5, 0.6) is 0 Å². The van der Waals surface area contributed by atoms with Crippen molar-refractivity contribution in [3.05, 3.63) is 84.2 Å². The molecule has 1 fully saturated rings. The summed E-state index contributed by atoms with van der Waals surface area (Å²) in [5.74, 6) is -0.183. The van der Waals surface area contributed by atoms with E-state index in [-0.39, 0.29) is 17.6 Å². The maximum Gasteiger partial charge on any atom is 0.179 e. The van der Waals surface area contributed by atoms with Crippen molar-refractivity contribution >= 4 is 28.9 Å². The van der Waals surface area contributed by atoms with Gasteiger partial charge in [-0.3, -0.25) is 9.69 Å². The molecule has 5 rings (SSSR count). The lowest BCUT2D eigenvalue weighted by atomic mass is 9.94. The second kappa shape index (κ2) is 9.47. The topological polar surface area (TPSA) is 23.6 Å². The van der Waals surface area contributed by atoms with Gasteiger partial charge in [0, 0.05) is 28.4 Å². The van der Waals surface area contributed by atoms with Gasteiger partial charge in [0.15, 0.2) is 5.78 Å². The van der Waals surface area contributed by atoms with Crippen LogP contribution in [-0.2, 0) is 0 Å². The first-order valence-corrected chi connectivity index (χ1v) is 12.2. The van der Waals surface area contributed by atoms with Crippen molar-refractivity contribution in [2.45, 2.75) is 41.5 Å². The number of nitrogens with zero attached hydrogens (tertiary/aromatic N) is 2. The molecule has 1 saturated heterocycles. The van der Waals surface area contributed by atoms with Crippen molar-refractivity contribution < 1.29 is 9.18 Å². The molecule has 3 aromatic carbocycles. The standard InChI is InChI=1S/C27H27FN2OS/c28-21-15-13-20(14-16-21)27(31)24-10-5-6-17-29(24)18-7-19-30-22-8-1-3-11-25(22)32-26-12-4-2-9-23(26)30/h1-4,8-9,11-16,24H,5-7,10,17-19H2. The minimum absolute atomic E-state index is 0.106. The van der Waals surface area contributed by atoms with Crippen LogP contribution in [0.3, 0.4) is 0 Å². The molecule has 0 radical (unpaired) electrons. The Hall–Kier alpha value is -2.63. The van der Waals surface area contributed by atoms with Gasteiger partial charge in [-0.1, -0.05) is 42.4 Å². The number of hydrogen-bond donors (Lipinski definition) is 0. The van der Waals surface area contributed by atoms with Gasteiger partial charge in [-0.25, -0.2) is 4.39 Å². The van der Waals surface area contributed by atoms with Gasteiger partial charge in [0.25, 0.3) is 0 Å². The van der Waals surface area contributed by atoms with Crippen LogP contribution in [0.4, 0.5) is 15.8 Å². The van der Waals surface area contributed by atoms with E-state index in [1.54, 1.807) is 12.1 Å². The Morgan fingerprint density at radius 3 is 2.22 bits per heavy atom. The average Bonchev–Trinajstić information content (AvgIpc) is 2.84. The monoisotopic (exact) mass is 446 g/mol. The first-order valence-electron chi connectivity index (χ1n) is 11.4. The van der Waals surface area contributed by atoms with Crippen LogP contribution in [0.1, 0.15) is 36.0 Å². The minimum Gasteiger partial charge on any atom is -0.340 e. The molecule has 2 aliphatic rings. The summed E-state index contributed by atoms with van der Waals surface area (Å²) in [5.41, 5.74) is 3.13. The number of Topliss-reactive ketones (excluding diaryl/α,β-unsaturated/α-hetero) is 1. The highest BCUT2D eigenvalue weighted by atomic mass is 32.2. The number of fused-ring (bicyclic) bond motifs is 2. The number of ketones is 1. The average molecular weight is 447 g/mol. The van der Waals surface area contributed by atoms with Crippen LogP contribution in [-0.4, -0.2) is 36.4 Å². The fourth-order valence-corrected chi connectivity index (χ4v) is 5.91. The quantitative estimate of drug-likeness (QED) is 0.400. The summed E-state index contributed by atoms with van der Waals surface area (Å²) in [4.78, 5) is 20.5. The SMILES string of the molecule is O=C(c1ccc(F)cc1)C1CCCCN1CCCN1c2ccccc2Sc2ccccc21. The largest absolute Gasteiger partial charge is 0.340 e. The maximum absolute atomic E-state index is 13.3. The van der Waals surface area contributed by atoms with Gasteiger partial charge in [-0.15, -0.1) is 0 Å². The van der Waals surface area contributed by atoms with Crippen LogP contribution in [0, 0.1) is 5.82 Å². The molecule has 3 nitrogen and oxygen atoms in total. The Morgan fingerprint density at radius 2 is 1.53 bits per heavy atom. The number of carbonyl (C=O) groups is 1. The second-order valence-corrected chi connectivity index (χ2v) is 9.55. The molecule has 0 spiro atoms. The molecule has 3 aromatic rings. The third kappa shape index (κ3) is 4.32. The van der Waals surface area contributed by atoms with E-state index in [0.717, 1.165) is 45.3 Å². The number of likely N-dealkylation sites (tertiary alicyclic amines) is 1. The summed E-state index contributed by atoms with van der Waals surface area (Å²) < 4.78 is 13.3. The third-order valence-corrected chi connectivity index (χ3v) is 7.53. The molecule has 1 atom stereocenters. The lowest BCUT2D eigenvalue weighted by molar-refractivity contribution is 0.0745. The summed E-state index contributed by atoms with van der Waals surface area (Å²) in [6.45, 7) is 2.73. The van der Waals surface area contributed by atoms with E-state index in [4.69, 9.17) is 0 Å². The fraction of sp³-hybridized carbons (Fsp3) is 0.296. The van der Waals surface area contributed by atoms with E-state index in [1.165, 1.54) is 33.3 Å². The molecule has 32 heavy (non-hydrogen) atoms. The summed E-state index contributed by atoms with van der Waals surface area (Å²) in [7, 11) is 0. The smallest absolute Gasteiger partial charge is 0.179 e. The Labute approximate surface area is 193 Å². The molecule has 0 aliphatic carbocycles. The highest BCUT2D eigenvalue weighted by molar-refractivity contribution is 7.99. The molecule has 2 aliphatic heterocycles. The van der Waals surface area contributed by atoms with Crippen LogP contribution in [0.2, 0.25) is 0 Å². The van der Waals surface area contributed by atoms with Gasteiger partial charge in [0.05, 0.1) is 17.4 Å². The summed E-state index contributed by atoms with van der Waals surface area (Å²) in [6, 6.07) is 23.0. The molecule has 164 valence electrons. The molecule has 0 aromatic heterocycles. The number of halogens is 1. The number of carbonyl (C=O) groups excluding carboxylic acids is 1. The Bertz CT molecular complexity index is 1060. The zero-order valence-corrected chi connectivity index (χ0v) is 18.9. The molecule has 0 N–H and O–H groups in total. The van der Waals surface area contributed by atoms with Crippen molar-refractivity contribution in [3.63, 3.8) is 0 Å². The van der Waals surface area contributed by atoms with Crippen LogP contribution in [0.25, 0.3) is 0 Å². The Balaban J connectivity index is 1.29. The predicted octanol–water partition coefficient (Wildman–Crippen LogP) is 6.56. The molecule has 0 saturated carbocycles. The number of piperidine rings is 1. The molecular formula is C27H27FN2OS. The van der Waals surface area contributed by atoms with Crippen LogP contribution in [0.15, 0.2) is 82.6 Å². The Kier molecular flexibility index (Phi) is 6.28. The highest BCUT2D eigenvalue weighted by Crippen LogP contribution is 2.47. The van der Waals surface area contributed by atoms with E-state index in [2.05, 4.69) is 58.3 Å². The summed E-state index contributed by atoms with van der Waals surface area (Å²) in [6.07, 6.45) is 4.04. The second-order valence-electron chi connectivity index (χ2n) is 8.46. The zero-order chi connectivity index (χ0) is 21.9. The summed E-state index contributed by atoms with van der Waals surface area (Å²) in [5, 5.41) is 0. The number of rotatable bonds is 6. The normalized spacial score (nSPS) is 18.2. The number of hydrogen-bond acceptors (Lipinski definition) is 4. The van der Waals surface area contributed by atoms with E-state index in [0.29, 0.717) is 5.56 Å². The van der Waals surface area contributed by atoms with Crippen molar-refractivity contribution in [3.8, 4) is 0 Å². The lowest BCUT2D eigenvalue weighted by Gasteiger charge is -2.36. The summed E-state index contributed by atoms with van der Waals surface area (Å²) >= 11 is 1.83. The minimum atomic E-state index is -0.303. The van der Waals surface area contributed by atoms with Gasteiger partial charge < -0.3 is 4.90 Å². The fourth-order valence-electron chi connectivity index (χ4n) is 4.82. The van der Waals surface area contributed by atoms with Crippen molar-refractivity contribution in [1.29, 1.82) is 0 Å². The van der Waals surface area contributed by atoms with E-state index in [9.17, 15) is 9.18 Å². The molecule has 2 heterocycles. The Morgan fingerprint density at radius 1 is 0.875 bits per heavy atom. The van der Waals surface area contributed by atoms with Gasteiger partial charge >= 0.3 is 0 Å². The number of anilines is 2. The van der Waals surface area contributed by atoms with E-state index < -0.39 is 0 Å². The molecule has 0 bridgehead atoms. The predicted molar refractivity (Wildman–Crippen MR) is 129 cm³/mol. The van der Waals surface area contributed by atoms with Gasteiger partial charge in [0.1, 0.15) is 5.82 Å². The number of para-hydroxylation sites is 2.